The number of aryl methyl sites for hydroxylation is 1. The van der Waals surface area contributed by atoms with Gasteiger partial charge in [-0.15, -0.1) is 0 Å². The lowest BCUT2D eigenvalue weighted by atomic mass is 10.2. The van der Waals surface area contributed by atoms with Crippen LogP contribution in [0.25, 0.3) is 33.3 Å². The molecule has 3 heterocycles. The molecule has 0 bridgehead atoms. The zero-order chi connectivity index (χ0) is 20.0. The van der Waals surface area contributed by atoms with Crippen molar-refractivity contribution in [1.29, 1.82) is 0 Å². The highest BCUT2D eigenvalue weighted by molar-refractivity contribution is 5.90. The topological polar surface area (TPSA) is 64.8 Å². The molecule has 0 aliphatic carbocycles. The Bertz CT molecular complexity index is 1360. The van der Waals surface area contributed by atoms with Gasteiger partial charge in [-0.25, -0.2) is 9.48 Å². The molecule has 5 aromatic rings. The molecule has 0 aliphatic rings. The van der Waals surface area contributed by atoms with Crippen molar-refractivity contribution < 1.29 is 9.53 Å². The Kier molecular flexibility index (Phi) is 3.98. The van der Waals surface area contributed by atoms with Gasteiger partial charge in [0.25, 0.3) is 0 Å². The van der Waals surface area contributed by atoms with E-state index in [1.807, 2.05) is 12.1 Å². The first kappa shape index (κ1) is 17.3. The molecule has 144 valence electrons. The Morgan fingerprint density at radius 1 is 1.17 bits per heavy atom. The van der Waals surface area contributed by atoms with Gasteiger partial charge in [0.1, 0.15) is 5.82 Å². The number of carbonyl (C=O) groups is 1. The first-order valence-corrected chi connectivity index (χ1v) is 9.56. The minimum absolute atomic E-state index is 0.344. The largest absolute Gasteiger partial charge is 0.462 e. The van der Waals surface area contributed by atoms with Gasteiger partial charge in [-0.2, -0.15) is 5.10 Å². The number of H-pyrrole nitrogens is 1. The summed E-state index contributed by atoms with van der Waals surface area (Å²) in [4.78, 5) is 15.4. The number of aromatic amines is 1. The van der Waals surface area contributed by atoms with E-state index in [4.69, 9.17) is 4.74 Å². The van der Waals surface area contributed by atoms with Crippen LogP contribution in [0.15, 0.2) is 67.1 Å². The Balaban J connectivity index is 1.55. The molecule has 6 heteroatoms. The second-order valence-corrected chi connectivity index (χ2v) is 6.97. The average molecular weight is 384 g/mol. The van der Waals surface area contributed by atoms with E-state index in [1.165, 1.54) is 17.1 Å². The zero-order valence-electron chi connectivity index (χ0n) is 16.2. The van der Waals surface area contributed by atoms with Crippen molar-refractivity contribution in [3.63, 3.8) is 0 Å². The molecule has 0 radical (unpaired) electrons. The quantitative estimate of drug-likeness (QED) is 0.454. The molecule has 0 amide bonds. The standard InChI is InChI=1S/C23H20N4O2/c1-3-29-23(28)17-13-24-27(14-17)18-8-9-21-16(12-18)10-11-26(21)22-15(2)19-6-4-5-7-20(19)25-22/h4-14,25H,3H2,1-2H3. The number of carbonyl (C=O) groups excluding carboxylic acids is 1. The number of fused-ring (bicyclic) bond motifs is 2. The minimum atomic E-state index is -0.361. The van der Waals surface area contributed by atoms with Crippen LogP contribution in [0.4, 0.5) is 0 Å². The highest BCUT2D eigenvalue weighted by Gasteiger charge is 2.13. The summed E-state index contributed by atoms with van der Waals surface area (Å²) in [6.45, 7) is 4.27. The van der Waals surface area contributed by atoms with Gasteiger partial charge in [-0.3, -0.25) is 0 Å². The summed E-state index contributed by atoms with van der Waals surface area (Å²) >= 11 is 0. The normalized spacial score (nSPS) is 11.4. The fourth-order valence-electron chi connectivity index (χ4n) is 3.76. The highest BCUT2D eigenvalue weighted by atomic mass is 16.5. The Hall–Kier alpha value is -3.80. The van der Waals surface area contributed by atoms with Crippen molar-refractivity contribution >= 4 is 27.8 Å². The molecule has 0 unspecified atom stereocenters. The van der Waals surface area contributed by atoms with Gasteiger partial charge in [0, 0.05) is 28.7 Å². The summed E-state index contributed by atoms with van der Waals surface area (Å²) in [6, 6.07) is 16.5. The minimum Gasteiger partial charge on any atom is -0.462 e. The van der Waals surface area contributed by atoms with E-state index >= 15 is 0 Å². The van der Waals surface area contributed by atoms with Gasteiger partial charge < -0.3 is 14.3 Å². The van der Waals surface area contributed by atoms with Crippen molar-refractivity contribution in [2.45, 2.75) is 13.8 Å². The predicted octanol–water partition coefficient (Wildman–Crippen LogP) is 4.78. The third kappa shape index (κ3) is 2.81. The second kappa shape index (κ2) is 6.67. The van der Waals surface area contributed by atoms with E-state index < -0.39 is 0 Å². The fraction of sp³-hybridized carbons (Fsp3) is 0.130. The maximum absolute atomic E-state index is 11.9. The van der Waals surface area contributed by atoms with E-state index in [-0.39, 0.29) is 5.97 Å². The lowest BCUT2D eigenvalue weighted by molar-refractivity contribution is 0.0526. The van der Waals surface area contributed by atoms with E-state index in [0.29, 0.717) is 12.2 Å². The molecule has 0 aliphatic heterocycles. The van der Waals surface area contributed by atoms with Crippen LogP contribution in [-0.4, -0.2) is 31.9 Å². The van der Waals surface area contributed by atoms with Gasteiger partial charge in [-0.05, 0) is 49.7 Å². The summed E-state index contributed by atoms with van der Waals surface area (Å²) in [7, 11) is 0. The maximum Gasteiger partial charge on any atom is 0.341 e. The SMILES string of the molecule is CCOC(=O)c1cnn(-c2ccc3c(ccn3-c3[nH]c4ccccc4c3C)c2)c1. The lowest BCUT2D eigenvalue weighted by Crippen LogP contribution is -2.03. The van der Waals surface area contributed by atoms with Crippen LogP contribution in [0.1, 0.15) is 22.8 Å². The lowest BCUT2D eigenvalue weighted by Gasteiger charge is -2.06. The van der Waals surface area contributed by atoms with Crippen LogP contribution in [0.3, 0.4) is 0 Å². The number of para-hydroxylation sites is 1. The zero-order valence-corrected chi connectivity index (χ0v) is 16.2. The molecule has 3 aromatic heterocycles. The Morgan fingerprint density at radius 3 is 2.86 bits per heavy atom. The number of rotatable bonds is 4. The molecule has 0 saturated carbocycles. The van der Waals surface area contributed by atoms with Gasteiger partial charge in [0.2, 0.25) is 0 Å². The highest BCUT2D eigenvalue weighted by Crippen LogP contribution is 2.28. The second-order valence-electron chi connectivity index (χ2n) is 6.97. The summed E-state index contributed by atoms with van der Waals surface area (Å²) in [5.41, 5.74) is 4.77. The van der Waals surface area contributed by atoms with E-state index in [9.17, 15) is 4.79 Å². The Morgan fingerprint density at radius 2 is 2.03 bits per heavy atom. The fourth-order valence-corrected chi connectivity index (χ4v) is 3.76. The summed E-state index contributed by atoms with van der Waals surface area (Å²) in [6.07, 6.45) is 5.29. The molecule has 2 aromatic carbocycles. The van der Waals surface area contributed by atoms with Crippen molar-refractivity contribution in [2.24, 2.45) is 0 Å². The number of nitrogens with one attached hydrogen (secondary N) is 1. The number of hydrogen-bond donors (Lipinski definition) is 1. The van der Waals surface area contributed by atoms with Crippen LogP contribution >= 0.6 is 0 Å². The third-order valence-corrected chi connectivity index (χ3v) is 5.21. The molecule has 0 fully saturated rings. The molecule has 6 nitrogen and oxygen atoms in total. The van der Waals surface area contributed by atoms with E-state index in [1.54, 1.807) is 17.8 Å². The molecule has 29 heavy (non-hydrogen) atoms. The number of esters is 1. The number of aromatic nitrogens is 4. The first-order valence-electron chi connectivity index (χ1n) is 9.56. The molecule has 1 N–H and O–H groups in total. The smallest absolute Gasteiger partial charge is 0.341 e. The molecule has 5 rings (SSSR count). The van der Waals surface area contributed by atoms with Crippen molar-refractivity contribution in [1.82, 2.24) is 19.3 Å². The van der Waals surface area contributed by atoms with Gasteiger partial charge in [-0.1, -0.05) is 18.2 Å². The predicted molar refractivity (Wildman–Crippen MR) is 113 cm³/mol. The van der Waals surface area contributed by atoms with Crippen LogP contribution in [0, 0.1) is 6.92 Å². The van der Waals surface area contributed by atoms with Crippen LogP contribution in [-0.2, 0) is 4.74 Å². The maximum atomic E-state index is 11.9. The molecule has 0 saturated heterocycles. The third-order valence-electron chi connectivity index (χ3n) is 5.21. The Labute approximate surface area is 167 Å². The monoisotopic (exact) mass is 384 g/mol. The van der Waals surface area contributed by atoms with Crippen molar-refractivity contribution in [2.75, 3.05) is 6.61 Å². The molecular formula is C23H20N4O2. The van der Waals surface area contributed by atoms with E-state index in [0.717, 1.165) is 27.9 Å². The van der Waals surface area contributed by atoms with Crippen molar-refractivity contribution in [3.8, 4) is 11.5 Å². The summed E-state index contributed by atoms with van der Waals surface area (Å²) < 4.78 is 8.90. The summed E-state index contributed by atoms with van der Waals surface area (Å²) in [5.74, 6) is 0.706. The van der Waals surface area contributed by atoms with Gasteiger partial charge in [0.05, 0.1) is 29.6 Å². The van der Waals surface area contributed by atoms with E-state index in [2.05, 4.69) is 64.2 Å². The molecular weight excluding hydrogens is 364 g/mol. The van der Waals surface area contributed by atoms with Crippen LogP contribution in [0.5, 0.6) is 0 Å². The van der Waals surface area contributed by atoms with Crippen LogP contribution in [0.2, 0.25) is 0 Å². The van der Waals surface area contributed by atoms with Gasteiger partial charge in [0.15, 0.2) is 0 Å². The van der Waals surface area contributed by atoms with Crippen LogP contribution < -0.4 is 0 Å². The molecule has 0 atom stereocenters. The van der Waals surface area contributed by atoms with Crippen molar-refractivity contribution in [3.05, 3.63) is 78.2 Å². The first-order chi connectivity index (χ1) is 14.2. The number of nitrogens with zero attached hydrogens (tertiary/aromatic N) is 3. The number of benzene rings is 2. The number of ether oxygens (including phenoxy) is 1. The average Bonchev–Trinajstić information content (AvgIpc) is 3.45. The number of hydrogen-bond acceptors (Lipinski definition) is 3. The molecule has 0 spiro atoms. The summed E-state index contributed by atoms with van der Waals surface area (Å²) in [5, 5.41) is 6.62. The van der Waals surface area contributed by atoms with Gasteiger partial charge >= 0.3 is 5.97 Å².